The first-order valence-electron chi connectivity index (χ1n) is 4.38. The zero-order valence-electron chi connectivity index (χ0n) is 8.13. The van der Waals surface area contributed by atoms with E-state index in [2.05, 4.69) is 47.3 Å². The Morgan fingerprint density at radius 3 is 2.86 bits per heavy atom. The number of alkyl halides is 1. The van der Waals surface area contributed by atoms with Crippen molar-refractivity contribution in [2.45, 2.75) is 17.1 Å². The van der Waals surface area contributed by atoms with Gasteiger partial charge in [0.15, 0.2) is 0 Å². The Hall–Kier alpha value is 0.01000. The van der Waals surface area contributed by atoms with Crippen LogP contribution in [0.4, 0.5) is 0 Å². The standard InChI is InChI=1S/C11H11BrS2/c1-7-3-4-10-9(11(7)13-2)5-8(6-12)14-10/h3-5H,6H2,1-2H3. The Morgan fingerprint density at radius 2 is 2.21 bits per heavy atom. The largest absolute Gasteiger partial charge is 0.139 e. The summed E-state index contributed by atoms with van der Waals surface area (Å²) in [5, 5.41) is 2.37. The molecule has 0 bridgehead atoms. The Bertz CT molecular complexity index is 460. The Kier molecular flexibility index (Phi) is 3.20. The van der Waals surface area contributed by atoms with Gasteiger partial charge in [0.1, 0.15) is 0 Å². The second-order valence-electron chi connectivity index (χ2n) is 3.17. The van der Waals surface area contributed by atoms with E-state index in [9.17, 15) is 0 Å². The number of thiophene rings is 1. The fourth-order valence-corrected chi connectivity index (χ4v) is 3.85. The van der Waals surface area contributed by atoms with Gasteiger partial charge < -0.3 is 0 Å². The molecule has 2 rings (SSSR count). The first-order chi connectivity index (χ1) is 6.76. The van der Waals surface area contributed by atoms with Crippen LogP contribution in [0.25, 0.3) is 10.1 Å². The monoisotopic (exact) mass is 286 g/mol. The van der Waals surface area contributed by atoms with Gasteiger partial charge in [-0.2, -0.15) is 0 Å². The molecule has 0 nitrogen and oxygen atoms in total. The minimum absolute atomic E-state index is 0.958. The lowest BCUT2D eigenvalue weighted by atomic mass is 10.2. The number of benzene rings is 1. The number of hydrogen-bond donors (Lipinski definition) is 0. The molecule has 0 amide bonds. The lowest BCUT2D eigenvalue weighted by Gasteiger charge is -2.02. The molecule has 0 N–H and O–H groups in total. The SMILES string of the molecule is CSc1c(C)ccc2sc(CBr)cc12. The van der Waals surface area contributed by atoms with Crippen LogP contribution in [-0.4, -0.2) is 6.26 Å². The molecule has 0 aliphatic heterocycles. The summed E-state index contributed by atoms with van der Waals surface area (Å²) < 4.78 is 1.40. The molecule has 1 aromatic carbocycles. The van der Waals surface area contributed by atoms with Crippen molar-refractivity contribution in [2.75, 3.05) is 6.26 Å². The number of halogens is 1. The third kappa shape index (κ3) is 1.73. The van der Waals surface area contributed by atoms with E-state index in [1.807, 2.05) is 23.1 Å². The van der Waals surface area contributed by atoms with Gasteiger partial charge in [0.25, 0.3) is 0 Å². The van der Waals surface area contributed by atoms with Crippen LogP contribution in [0.5, 0.6) is 0 Å². The summed E-state index contributed by atoms with van der Waals surface area (Å²) in [4.78, 5) is 2.83. The predicted molar refractivity (Wildman–Crippen MR) is 71.0 cm³/mol. The summed E-state index contributed by atoms with van der Waals surface area (Å²) in [6.45, 7) is 2.18. The molecule has 3 heteroatoms. The van der Waals surface area contributed by atoms with Gasteiger partial charge in [-0.25, -0.2) is 0 Å². The molecule has 0 unspecified atom stereocenters. The number of aryl methyl sites for hydroxylation is 1. The van der Waals surface area contributed by atoms with E-state index < -0.39 is 0 Å². The maximum absolute atomic E-state index is 3.50. The molecule has 0 aliphatic rings. The number of fused-ring (bicyclic) bond motifs is 1. The zero-order chi connectivity index (χ0) is 10.1. The van der Waals surface area contributed by atoms with E-state index in [0.717, 1.165) is 5.33 Å². The van der Waals surface area contributed by atoms with Crippen molar-refractivity contribution in [1.29, 1.82) is 0 Å². The van der Waals surface area contributed by atoms with Crippen LogP contribution in [-0.2, 0) is 5.33 Å². The molecule has 0 saturated carbocycles. The van der Waals surface area contributed by atoms with Gasteiger partial charge in [0.2, 0.25) is 0 Å². The van der Waals surface area contributed by atoms with Crippen molar-refractivity contribution in [3.8, 4) is 0 Å². The molecule has 0 saturated heterocycles. The highest BCUT2D eigenvalue weighted by Crippen LogP contribution is 2.35. The highest BCUT2D eigenvalue weighted by molar-refractivity contribution is 9.08. The van der Waals surface area contributed by atoms with Gasteiger partial charge in [0.05, 0.1) is 0 Å². The van der Waals surface area contributed by atoms with Crippen LogP contribution in [0, 0.1) is 6.92 Å². The number of hydrogen-bond acceptors (Lipinski definition) is 2. The third-order valence-electron chi connectivity index (χ3n) is 2.24. The molecular formula is C11H11BrS2. The second kappa shape index (κ2) is 4.25. The molecule has 0 aliphatic carbocycles. The maximum Gasteiger partial charge on any atom is 0.0377 e. The van der Waals surface area contributed by atoms with Crippen molar-refractivity contribution in [1.82, 2.24) is 0 Å². The average molecular weight is 287 g/mol. The minimum Gasteiger partial charge on any atom is -0.139 e. The van der Waals surface area contributed by atoms with Gasteiger partial charge in [-0.15, -0.1) is 23.1 Å². The number of thioether (sulfide) groups is 1. The molecule has 0 radical (unpaired) electrons. The van der Waals surface area contributed by atoms with Gasteiger partial charge in [-0.05, 0) is 30.9 Å². The molecule has 14 heavy (non-hydrogen) atoms. The van der Waals surface area contributed by atoms with Crippen molar-refractivity contribution in [3.05, 3.63) is 28.6 Å². The van der Waals surface area contributed by atoms with Gasteiger partial charge in [-0.3, -0.25) is 0 Å². The van der Waals surface area contributed by atoms with Crippen LogP contribution >= 0.6 is 39.0 Å². The molecule has 1 heterocycles. The first kappa shape index (κ1) is 10.5. The Balaban J connectivity index is 2.73. The lowest BCUT2D eigenvalue weighted by Crippen LogP contribution is -1.77. The molecule has 74 valence electrons. The summed E-state index contributed by atoms with van der Waals surface area (Å²) >= 11 is 7.22. The van der Waals surface area contributed by atoms with Crippen LogP contribution in [0.3, 0.4) is 0 Å². The highest BCUT2D eigenvalue weighted by atomic mass is 79.9. The molecule has 0 fully saturated rings. The maximum atomic E-state index is 3.50. The molecule has 2 aromatic rings. The molecule has 0 atom stereocenters. The minimum atomic E-state index is 0.958. The van der Waals surface area contributed by atoms with Crippen LogP contribution in [0.1, 0.15) is 10.4 Å². The van der Waals surface area contributed by atoms with Crippen LogP contribution in [0.15, 0.2) is 23.1 Å². The average Bonchev–Trinajstić information content (AvgIpc) is 2.60. The summed E-state index contributed by atoms with van der Waals surface area (Å²) in [7, 11) is 0. The lowest BCUT2D eigenvalue weighted by molar-refractivity contribution is 1.36. The van der Waals surface area contributed by atoms with Crippen molar-refractivity contribution < 1.29 is 0 Å². The molecular weight excluding hydrogens is 276 g/mol. The van der Waals surface area contributed by atoms with Crippen molar-refractivity contribution in [2.24, 2.45) is 0 Å². The zero-order valence-corrected chi connectivity index (χ0v) is 11.4. The van der Waals surface area contributed by atoms with Crippen molar-refractivity contribution in [3.63, 3.8) is 0 Å². The number of rotatable bonds is 2. The van der Waals surface area contributed by atoms with E-state index in [1.165, 1.54) is 25.4 Å². The Labute approximate surface area is 101 Å². The van der Waals surface area contributed by atoms with E-state index in [1.54, 1.807) is 0 Å². The summed E-state index contributed by atoms with van der Waals surface area (Å²) in [5.41, 5.74) is 1.38. The smallest absolute Gasteiger partial charge is 0.0377 e. The topological polar surface area (TPSA) is 0 Å². The first-order valence-corrected chi connectivity index (χ1v) is 7.54. The van der Waals surface area contributed by atoms with Crippen molar-refractivity contribution >= 4 is 49.1 Å². The van der Waals surface area contributed by atoms with Crippen LogP contribution < -0.4 is 0 Å². The van der Waals surface area contributed by atoms with Gasteiger partial charge in [-0.1, -0.05) is 22.0 Å². The van der Waals surface area contributed by atoms with E-state index in [-0.39, 0.29) is 0 Å². The fraction of sp³-hybridized carbons (Fsp3) is 0.273. The van der Waals surface area contributed by atoms with E-state index in [0.29, 0.717) is 0 Å². The highest BCUT2D eigenvalue weighted by Gasteiger charge is 2.07. The molecule has 1 aromatic heterocycles. The third-order valence-corrected chi connectivity index (χ3v) is 5.26. The van der Waals surface area contributed by atoms with Gasteiger partial charge in [0, 0.05) is 25.2 Å². The second-order valence-corrected chi connectivity index (χ2v) is 5.72. The summed E-state index contributed by atoms with van der Waals surface area (Å²) in [6.07, 6.45) is 2.15. The van der Waals surface area contributed by atoms with E-state index in [4.69, 9.17) is 0 Å². The fourth-order valence-electron chi connectivity index (χ4n) is 1.58. The Morgan fingerprint density at radius 1 is 1.43 bits per heavy atom. The van der Waals surface area contributed by atoms with Gasteiger partial charge >= 0.3 is 0 Å². The van der Waals surface area contributed by atoms with Crippen LogP contribution in [0.2, 0.25) is 0 Å². The molecule has 0 spiro atoms. The predicted octanol–water partition coefficient (Wildman–Crippen LogP) is 4.83. The quantitative estimate of drug-likeness (QED) is 0.563. The summed E-state index contributed by atoms with van der Waals surface area (Å²) in [5.74, 6) is 0. The van der Waals surface area contributed by atoms with E-state index >= 15 is 0 Å². The normalized spacial score (nSPS) is 11.1. The summed E-state index contributed by atoms with van der Waals surface area (Å²) in [6, 6.07) is 6.73.